The number of amides is 1. The Morgan fingerprint density at radius 1 is 0.980 bits per heavy atom. The molecule has 2 atom stereocenters. The molecule has 0 unspecified atom stereocenters. The smallest absolute Gasteiger partial charge is 0.266 e. The molecule has 2 aliphatic rings. The van der Waals surface area contributed by atoms with Crippen LogP contribution in [0.5, 0.6) is 17.2 Å². The number of aliphatic hydroxyl groups excluding tert-OH is 1. The van der Waals surface area contributed by atoms with E-state index in [-0.39, 0.29) is 44.5 Å². The molecule has 254 valence electrons. The summed E-state index contributed by atoms with van der Waals surface area (Å²) < 4.78 is 23.2. The van der Waals surface area contributed by atoms with Crippen molar-refractivity contribution in [3.8, 4) is 17.2 Å². The lowest BCUT2D eigenvalue weighted by molar-refractivity contribution is -0.130. The first kappa shape index (κ1) is 33.7. The summed E-state index contributed by atoms with van der Waals surface area (Å²) >= 11 is 0. The minimum atomic E-state index is -1.65. The van der Waals surface area contributed by atoms with Crippen molar-refractivity contribution >= 4 is 17.5 Å². The topological polar surface area (TPSA) is 208 Å². The molecule has 15 heteroatoms. The van der Waals surface area contributed by atoms with Gasteiger partial charge in [-0.2, -0.15) is 0 Å². The fourth-order valence-electron chi connectivity index (χ4n) is 5.78. The van der Waals surface area contributed by atoms with E-state index in [4.69, 9.17) is 34.6 Å². The number of aliphatic hydroxyl groups is 1. The highest BCUT2D eigenvalue weighted by atomic mass is 16.7. The summed E-state index contributed by atoms with van der Waals surface area (Å²) in [5.41, 5.74) is 26.3. The van der Waals surface area contributed by atoms with Crippen LogP contribution in [0.3, 0.4) is 0 Å². The maximum absolute atomic E-state index is 14.7. The van der Waals surface area contributed by atoms with E-state index in [0.717, 1.165) is 5.56 Å². The molecular formula is C35H33N9O6. The molecule has 4 aromatic carbocycles. The van der Waals surface area contributed by atoms with Crippen molar-refractivity contribution in [1.82, 2.24) is 10.9 Å². The minimum absolute atomic E-state index is 0.0170. The van der Waals surface area contributed by atoms with Crippen LogP contribution in [0.4, 0.5) is 5.69 Å². The number of nitrogens with one attached hydrogen (secondary N) is 2. The molecule has 15 nitrogen and oxygen atoms in total. The Morgan fingerprint density at radius 3 is 2.56 bits per heavy atom. The Morgan fingerprint density at radius 2 is 1.76 bits per heavy atom. The molecule has 0 saturated heterocycles. The van der Waals surface area contributed by atoms with Crippen molar-refractivity contribution in [3.63, 3.8) is 0 Å². The average molecular weight is 676 g/mol. The van der Waals surface area contributed by atoms with Crippen molar-refractivity contribution in [2.45, 2.75) is 37.6 Å². The van der Waals surface area contributed by atoms with E-state index in [1.165, 1.54) is 0 Å². The van der Waals surface area contributed by atoms with Gasteiger partial charge < -0.3 is 24.1 Å². The Hall–Kier alpha value is -6.24. The third kappa shape index (κ3) is 7.41. The van der Waals surface area contributed by atoms with Crippen LogP contribution in [0.2, 0.25) is 0 Å². The predicted molar refractivity (Wildman–Crippen MR) is 183 cm³/mol. The van der Waals surface area contributed by atoms with Crippen molar-refractivity contribution < 1.29 is 28.8 Å². The van der Waals surface area contributed by atoms with E-state index >= 15 is 0 Å². The second kappa shape index (κ2) is 15.8. The van der Waals surface area contributed by atoms with Gasteiger partial charge in [0.05, 0.1) is 13.2 Å². The van der Waals surface area contributed by atoms with Gasteiger partial charge in [-0.15, -0.1) is 0 Å². The summed E-state index contributed by atoms with van der Waals surface area (Å²) in [7, 11) is 0. The number of hydrogen-bond donors (Lipinski definition) is 3. The van der Waals surface area contributed by atoms with Gasteiger partial charge in [-0.05, 0) is 64.2 Å². The Labute approximate surface area is 286 Å². The van der Waals surface area contributed by atoms with E-state index in [1.54, 1.807) is 54.6 Å². The second-order valence-corrected chi connectivity index (χ2v) is 11.4. The molecule has 6 rings (SSSR count). The summed E-state index contributed by atoms with van der Waals surface area (Å²) in [5, 5.41) is 16.8. The van der Waals surface area contributed by atoms with Crippen molar-refractivity contribution in [2.75, 3.05) is 20.0 Å². The zero-order valence-corrected chi connectivity index (χ0v) is 26.8. The molecule has 2 aliphatic heterocycles. The first-order chi connectivity index (χ1) is 24.5. The zero-order chi connectivity index (χ0) is 34.8. The number of hydrazine groups is 1. The number of benzene rings is 4. The largest absolute Gasteiger partial charge is 0.494 e. The molecule has 3 N–H and O–H groups in total. The normalized spacial score (nSPS) is 17.1. The SMILES string of the molecule is [N-]=[N+]=NCc1ccccc1C[C@]1(C(=O)NNCc2ccc3c(c2)OCO3)N=C(c2ccc(OCCCO)cc2)O[C@H]1c1ccccc1N=[N+]=[N-]. The highest BCUT2D eigenvalue weighted by molar-refractivity contribution is 6.01. The number of carbonyl (C=O) groups excluding carboxylic acids is 1. The number of azide groups is 2. The van der Waals surface area contributed by atoms with Crippen LogP contribution >= 0.6 is 0 Å². The average Bonchev–Trinajstić information content (AvgIpc) is 3.77. The number of carbonyl (C=O) groups is 1. The van der Waals surface area contributed by atoms with Gasteiger partial charge in [-0.1, -0.05) is 64.8 Å². The standard InChI is InChI=1S/C35H33N9O6/c36-43-39-21-26-7-2-1-6-25(26)19-35(34(46)42-38-20-23-10-15-30-31(18-23)49-22-48-30)32(28-8-3-4-9-29(28)41-44-37)50-33(40-35)24-11-13-27(14-12-24)47-17-5-16-45/h1-4,6-15,18,32,38,45H,5,16-17,19-22H2,(H,42,46)/t32-,35-/m0/s1. The van der Waals surface area contributed by atoms with Gasteiger partial charge in [0, 0.05) is 52.6 Å². The fraction of sp³-hybridized carbons (Fsp3) is 0.257. The molecule has 0 saturated carbocycles. The van der Waals surface area contributed by atoms with Crippen LogP contribution in [-0.4, -0.2) is 42.5 Å². The minimum Gasteiger partial charge on any atom is -0.494 e. The predicted octanol–water partition coefficient (Wildman–Crippen LogP) is 6.25. The summed E-state index contributed by atoms with van der Waals surface area (Å²) in [5.74, 6) is 1.52. The first-order valence-corrected chi connectivity index (χ1v) is 15.8. The van der Waals surface area contributed by atoms with E-state index in [1.807, 2.05) is 36.4 Å². The number of ether oxygens (including phenoxy) is 4. The first-order valence-electron chi connectivity index (χ1n) is 15.8. The van der Waals surface area contributed by atoms with Gasteiger partial charge in [0.2, 0.25) is 12.7 Å². The van der Waals surface area contributed by atoms with Gasteiger partial charge in [0.1, 0.15) is 5.75 Å². The third-order valence-electron chi connectivity index (χ3n) is 8.22. The Bertz CT molecular complexity index is 1980. The number of rotatable bonds is 15. The lowest BCUT2D eigenvalue weighted by Gasteiger charge is -2.32. The highest BCUT2D eigenvalue weighted by Gasteiger charge is 2.54. The maximum Gasteiger partial charge on any atom is 0.266 e. The third-order valence-corrected chi connectivity index (χ3v) is 8.22. The van der Waals surface area contributed by atoms with Gasteiger partial charge in [-0.25, -0.2) is 10.4 Å². The molecule has 50 heavy (non-hydrogen) atoms. The van der Waals surface area contributed by atoms with E-state index in [9.17, 15) is 10.3 Å². The van der Waals surface area contributed by atoms with Crippen LogP contribution in [0.1, 0.15) is 40.3 Å². The molecule has 0 radical (unpaired) electrons. The van der Waals surface area contributed by atoms with Crippen LogP contribution in [-0.2, 0) is 29.0 Å². The highest BCUT2D eigenvalue weighted by Crippen LogP contribution is 2.45. The summed E-state index contributed by atoms with van der Waals surface area (Å²) in [6.45, 7) is 0.820. The van der Waals surface area contributed by atoms with E-state index in [0.29, 0.717) is 52.5 Å². The molecule has 4 aromatic rings. The molecule has 0 spiro atoms. The summed E-state index contributed by atoms with van der Waals surface area (Å²) in [4.78, 5) is 25.6. The number of hydrogen-bond acceptors (Lipinski definition) is 10. The fourth-order valence-corrected chi connectivity index (χ4v) is 5.78. The molecule has 0 aliphatic carbocycles. The van der Waals surface area contributed by atoms with Gasteiger partial charge in [-0.3, -0.25) is 10.2 Å². The van der Waals surface area contributed by atoms with Gasteiger partial charge in [0.15, 0.2) is 23.1 Å². The summed E-state index contributed by atoms with van der Waals surface area (Å²) in [6, 6.07) is 26.7. The van der Waals surface area contributed by atoms with Crippen LogP contribution in [0, 0.1) is 0 Å². The lowest BCUT2D eigenvalue weighted by Crippen LogP contribution is -2.53. The van der Waals surface area contributed by atoms with Crippen molar-refractivity contribution in [1.29, 1.82) is 0 Å². The second-order valence-electron chi connectivity index (χ2n) is 11.4. The number of fused-ring (bicyclic) bond motifs is 1. The maximum atomic E-state index is 14.7. The zero-order valence-electron chi connectivity index (χ0n) is 26.8. The van der Waals surface area contributed by atoms with Crippen LogP contribution in [0.15, 0.2) is 106 Å². The molecule has 1 amide bonds. The molecular weight excluding hydrogens is 642 g/mol. The molecule has 0 bridgehead atoms. The van der Waals surface area contributed by atoms with Crippen molar-refractivity contribution in [2.24, 2.45) is 15.2 Å². The quantitative estimate of drug-likeness (QED) is 0.0433. The Balaban J connectivity index is 1.41. The number of nitrogens with zero attached hydrogens (tertiary/aromatic N) is 7. The number of aliphatic imine (C=N–C) groups is 1. The molecule has 0 aromatic heterocycles. The lowest BCUT2D eigenvalue weighted by atomic mass is 9.80. The van der Waals surface area contributed by atoms with Gasteiger partial charge >= 0.3 is 0 Å². The monoisotopic (exact) mass is 675 g/mol. The van der Waals surface area contributed by atoms with Crippen LogP contribution in [0.25, 0.3) is 20.9 Å². The van der Waals surface area contributed by atoms with Crippen LogP contribution < -0.4 is 25.1 Å². The van der Waals surface area contributed by atoms with E-state index < -0.39 is 17.6 Å². The summed E-state index contributed by atoms with van der Waals surface area (Å²) in [6.07, 6.45) is -0.534. The Kier molecular flexibility index (Phi) is 10.6. The molecule has 0 fully saturated rings. The molecule has 2 heterocycles. The van der Waals surface area contributed by atoms with E-state index in [2.05, 4.69) is 30.9 Å². The van der Waals surface area contributed by atoms with Gasteiger partial charge in [0.25, 0.3) is 5.91 Å². The van der Waals surface area contributed by atoms with Crippen molar-refractivity contribution in [3.05, 3.63) is 140 Å².